The van der Waals surface area contributed by atoms with E-state index in [-0.39, 0.29) is 11.8 Å². The van der Waals surface area contributed by atoms with Gasteiger partial charge < -0.3 is 0 Å². The summed E-state index contributed by atoms with van der Waals surface area (Å²) in [5, 5.41) is 0. The lowest BCUT2D eigenvalue weighted by Gasteiger charge is -2.18. The molecule has 0 atom stereocenters. The first-order valence-electron chi connectivity index (χ1n) is 5.33. The fraction of sp³-hybridized carbons (Fsp3) is 0.800. The summed E-state index contributed by atoms with van der Waals surface area (Å²) in [5.41, 5.74) is 0. The van der Waals surface area contributed by atoms with E-state index in [1.807, 2.05) is 0 Å². The van der Waals surface area contributed by atoms with E-state index in [0.717, 1.165) is 19.5 Å². The predicted octanol–water partition coefficient (Wildman–Crippen LogP) is 0.231. The molecule has 2 rings (SSSR count). The topological polar surface area (TPSA) is 40.6 Å². The Bertz CT molecular complexity index is 247. The number of carbonyl (C=O) groups excluding carboxylic acids is 2. The fourth-order valence-electron chi connectivity index (χ4n) is 2.13. The quantitative estimate of drug-likeness (QED) is 0.635. The molecule has 0 unspecified atom stereocenters. The number of hydrogen-bond donors (Lipinski definition) is 0. The molecule has 0 aromatic rings. The zero-order valence-corrected chi connectivity index (χ0v) is 8.37. The van der Waals surface area contributed by atoms with Crippen LogP contribution in [0, 0.1) is 0 Å². The van der Waals surface area contributed by atoms with Crippen LogP contribution in [0.3, 0.4) is 0 Å². The number of carbonyl (C=O) groups is 2. The Morgan fingerprint density at radius 1 is 1.14 bits per heavy atom. The molecule has 0 bridgehead atoms. The average molecular weight is 196 g/mol. The number of hydrogen-bond acceptors (Lipinski definition) is 3. The maximum atomic E-state index is 11.7. The van der Waals surface area contributed by atoms with Gasteiger partial charge in [-0.2, -0.15) is 0 Å². The summed E-state index contributed by atoms with van der Waals surface area (Å²) in [6.07, 6.45) is 3.75. The Morgan fingerprint density at radius 3 is 2.43 bits per heavy atom. The lowest BCUT2D eigenvalue weighted by atomic mass is 10.4. The molecule has 0 N–H and O–H groups in total. The molecule has 2 saturated heterocycles. The second-order valence-corrected chi connectivity index (χ2v) is 4.03. The molecule has 0 radical (unpaired) electrons. The standard InChI is InChI=1S/C10H16N2O2/c13-9-4-3-7-12(9)10(14)8-11-5-1-2-6-11/h1-8H2. The van der Waals surface area contributed by atoms with Crippen molar-refractivity contribution in [2.75, 3.05) is 26.2 Å². The van der Waals surface area contributed by atoms with Crippen LogP contribution in [-0.4, -0.2) is 47.8 Å². The second-order valence-electron chi connectivity index (χ2n) is 4.03. The van der Waals surface area contributed by atoms with Crippen LogP contribution in [0.15, 0.2) is 0 Å². The Kier molecular flexibility index (Phi) is 2.82. The van der Waals surface area contributed by atoms with Crippen LogP contribution < -0.4 is 0 Å². The third-order valence-corrected chi connectivity index (χ3v) is 2.93. The van der Waals surface area contributed by atoms with Gasteiger partial charge in [0.1, 0.15) is 0 Å². The van der Waals surface area contributed by atoms with Crippen LogP contribution in [0.1, 0.15) is 25.7 Å². The van der Waals surface area contributed by atoms with Crippen molar-refractivity contribution in [3.8, 4) is 0 Å². The van der Waals surface area contributed by atoms with E-state index in [1.165, 1.54) is 17.7 Å². The van der Waals surface area contributed by atoms with E-state index in [1.54, 1.807) is 0 Å². The van der Waals surface area contributed by atoms with E-state index in [2.05, 4.69) is 4.90 Å². The van der Waals surface area contributed by atoms with E-state index in [4.69, 9.17) is 0 Å². The van der Waals surface area contributed by atoms with Crippen molar-refractivity contribution < 1.29 is 9.59 Å². The van der Waals surface area contributed by atoms with Crippen LogP contribution in [0.4, 0.5) is 0 Å². The number of amides is 2. The minimum absolute atomic E-state index is 0.00519. The molecule has 2 aliphatic rings. The van der Waals surface area contributed by atoms with Gasteiger partial charge in [0.25, 0.3) is 0 Å². The highest BCUT2D eigenvalue weighted by atomic mass is 16.2. The zero-order valence-electron chi connectivity index (χ0n) is 8.37. The van der Waals surface area contributed by atoms with E-state index in [0.29, 0.717) is 19.5 Å². The average Bonchev–Trinajstić information content (AvgIpc) is 2.75. The van der Waals surface area contributed by atoms with Crippen molar-refractivity contribution in [2.24, 2.45) is 0 Å². The fourth-order valence-corrected chi connectivity index (χ4v) is 2.13. The minimum atomic E-state index is -0.00519. The Balaban J connectivity index is 1.85. The highest BCUT2D eigenvalue weighted by molar-refractivity contribution is 5.97. The highest BCUT2D eigenvalue weighted by Gasteiger charge is 2.27. The molecule has 0 aromatic heterocycles. The molecule has 0 aliphatic carbocycles. The third kappa shape index (κ3) is 1.95. The molecular formula is C10H16N2O2. The largest absolute Gasteiger partial charge is 0.294 e. The van der Waals surface area contributed by atoms with E-state index >= 15 is 0 Å². The molecule has 2 aliphatic heterocycles. The van der Waals surface area contributed by atoms with Crippen LogP contribution in [0.5, 0.6) is 0 Å². The molecule has 2 heterocycles. The normalized spacial score (nSPS) is 23.4. The lowest BCUT2D eigenvalue weighted by molar-refractivity contribution is -0.142. The summed E-state index contributed by atoms with van der Waals surface area (Å²) in [7, 11) is 0. The van der Waals surface area contributed by atoms with E-state index in [9.17, 15) is 9.59 Å². The molecule has 2 amide bonds. The maximum absolute atomic E-state index is 11.7. The SMILES string of the molecule is O=C1CCCN1C(=O)CN1CCCC1. The van der Waals surface area contributed by atoms with Crippen molar-refractivity contribution in [3.63, 3.8) is 0 Å². The molecule has 0 saturated carbocycles. The summed E-state index contributed by atoms with van der Waals surface area (Å²) < 4.78 is 0. The van der Waals surface area contributed by atoms with Gasteiger partial charge in [-0.05, 0) is 32.4 Å². The van der Waals surface area contributed by atoms with Gasteiger partial charge in [-0.25, -0.2) is 0 Å². The first kappa shape index (κ1) is 9.65. The third-order valence-electron chi connectivity index (χ3n) is 2.93. The number of rotatable bonds is 2. The molecule has 78 valence electrons. The smallest absolute Gasteiger partial charge is 0.243 e. The lowest BCUT2D eigenvalue weighted by Crippen LogP contribution is -2.39. The molecule has 0 aromatic carbocycles. The van der Waals surface area contributed by atoms with Gasteiger partial charge in [0.2, 0.25) is 11.8 Å². The Morgan fingerprint density at radius 2 is 1.86 bits per heavy atom. The Labute approximate surface area is 83.9 Å². The van der Waals surface area contributed by atoms with Crippen molar-refractivity contribution in [1.29, 1.82) is 0 Å². The van der Waals surface area contributed by atoms with Crippen molar-refractivity contribution in [3.05, 3.63) is 0 Å². The molecule has 2 fully saturated rings. The summed E-state index contributed by atoms with van der Waals surface area (Å²) in [6, 6.07) is 0. The number of imide groups is 1. The molecule has 4 nitrogen and oxygen atoms in total. The minimum Gasteiger partial charge on any atom is -0.294 e. The molecular weight excluding hydrogens is 180 g/mol. The predicted molar refractivity (Wildman–Crippen MR) is 51.6 cm³/mol. The van der Waals surface area contributed by atoms with E-state index < -0.39 is 0 Å². The van der Waals surface area contributed by atoms with Gasteiger partial charge in [-0.1, -0.05) is 0 Å². The van der Waals surface area contributed by atoms with Crippen LogP contribution in [0.25, 0.3) is 0 Å². The molecule has 4 heteroatoms. The summed E-state index contributed by atoms with van der Waals surface area (Å²) >= 11 is 0. The highest BCUT2D eigenvalue weighted by Crippen LogP contribution is 2.12. The Hall–Kier alpha value is -0.900. The summed E-state index contributed by atoms with van der Waals surface area (Å²) in [5.74, 6) is 0.00333. The van der Waals surface area contributed by atoms with Gasteiger partial charge in [0.05, 0.1) is 6.54 Å². The van der Waals surface area contributed by atoms with Crippen LogP contribution >= 0.6 is 0 Å². The maximum Gasteiger partial charge on any atom is 0.243 e. The van der Waals surface area contributed by atoms with Crippen molar-refractivity contribution in [2.45, 2.75) is 25.7 Å². The summed E-state index contributed by atoms with van der Waals surface area (Å²) in [6.45, 7) is 3.08. The summed E-state index contributed by atoms with van der Waals surface area (Å²) in [4.78, 5) is 26.5. The van der Waals surface area contributed by atoms with Gasteiger partial charge in [-0.3, -0.25) is 19.4 Å². The van der Waals surface area contributed by atoms with Crippen LogP contribution in [-0.2, 0) is 9.59 Å². The van der Waals surface area contributed by atoms with Gasteiger partial charge >= 0.3 is 0 Å². The van der Waals surface area contributed by atoms with Crippen LogP contribution in [0.2, 0.25) is 0 Å². The van der Waals surface area contributed by atoms with Gasteiger partial charge in [0, 0.05) is 13.0 Å². The first-order valence-corrected chi connectivity index (χ1v) is 5.33. The van der Waals surface area contributed by atoms with Crippen molar-refractivity contribution >= 4 is 11.8 Å². The van der Waals surface area contributed by atoms with Gasteiger partial charge in [0.15, 0.2) is 0 Å². The van der Waals surface area contributed by atoms with Crippen molar-refractivity contribution in [1.82, 2.24) is 9.80 Å². The zero-order chi connectivity index (χ0) is 9.97. The monoisotopic (exact) mass is 196 g/mol. The molecule has 0 spiro atoms. The second kappa shape index (κ2) is 4.09. The first-order chi connectivity index (χ1) is 6.77. The molecule has 14 heavy (non-hydrogen) atoms. The number of nitrogens with zero attached hydrogens (tertiary/aromatic N) is 2. The van der Waals surface area contributed by atoms with Gasteiger partial charge in [-0.15, -0.1) is 0 Å². The number of likely N-dealkylation sites (tertiary alicyclic amines) is 2.